The molecule has 2 heterocycles. The second-order valence-corrected chi connectivity index (χ2v) is 8.53. The van der Waals surface area contributed by atoms with Gasteiger partial charge >= 0.3 is 0 Å². The summed E-state index contributed by atoms with van der Waals surface area (Å²) >= 11 is 7.49. The molecule has 0 atom stereocenters. The number of nitrogens with one attached hydrogen (secondary N) is 1. The molecule has 0 saturated carbocycles. The third-order valence-corrected chi connectivity index (χ3v) is 6.51. The summed E-state index contributed by atoms with van der Waals surface area (Å²) in [5.74, 6) is -0.699. The van der Waals surface area contributed by atoms with Crippen molar-refractivity contribution in [3.63, 3.8) is 0 Å². The number of fused-ring (bicyclic) bond motifs is 1. The molecule has 0 spiro atoms. The third kappa shape index (κ3) is 5.44. The first-order chi connectivity index (χ1) is 14.9. The molecule has 0 unspecified atom stereocenters. The van der Waals surface area contributed by atoms with Gasteiger partial charge in [0.25, 0.3) is 11.6 Å². The molecule has 2 aromatic carbocycles. The van der Waals surface area contributed by atoms with Crippen LogP contribution in [-0.4, -0.2) is 60.0 Å². The van der Waals surface area contributed by atoms with Crippen LogP contribution in [-0.2, 0) is 0 Å². The molecule has 1 fully saturated rings. The summed E-state index contributed by atoms with van der Waals surface area (Å²) in [6.45, 7) is 4.23. The van der Waals surface area contributed by atoms with Gasteiger partial charge in [-0.25, -0.2) is 9.37 Å². The summed E-state index contributed by atoms with van der Waals surface area (Å²) in [6.07, 6.45) is 0. The molecular weight excluding hydrogens is 480 g/mol. The van der Waals surface area contributed by atoms with Crippen LogP contribution in [0.25, 0.3) is 10.2 Å². The fourth-order valence-electron chi connectivity index (χ4n) is 3.41. The molecule has 1 aromatic heterocycles. The number of hydrogen-bond acceptors (Lipinski definition) is 7. The number of nitro groups is 1. The largest absolute Gasteiger partial charge is 0.351 e. The number of nitrogens with zero attached hydrogens (tertiary/aromatic N) is 4. The zero-order valence-corrected chi connectivity index (χ0v) is 19.2. The molecule has 1 aliphatic rings. The number of nitro benzene ring substituents is 1. The first-order valence-electron chi connectivity index (χ1n) is 9.66. The summed E-state index contributed by atoms with van der Waals surface area (Å²) in [5, 5.41) is 14.7. The number of anilines is 1. The Morgan fingerprint density at radius 1 is 1.22 bits per heavy atom. The van der Waals surface area contributed by atoms with E-state index in [9.17, 15) is 19.3 Å². The molecule has 1 aliphatic heterocycles. The van der Waals surface area contributed by atoms with Crippen LogP contribution in [0.2, 0.25) is 5.02 Å². The van der Waals surface area contributed by atoms with Crippen LogP contribution >= 0.6 is 35.3 Å². The van der Waals surface area contributed by atoms with Crippen molar-refractivity contribution in [3.8, 4) is 0 Å². The SMILES string of the molecule is Cl.O=C(NCCN1CCN(c2nc3ccc(F)cc3s2)CC1)c1cc([N+](=O)[O-])ccc1Cl. The molecule has 32 heavy (non-hydrogen) atoms. The number of non-ortho nitro benzene ring substituents is 1. The highest BCUT2D eigenvalue weighted by Gasteiger charge is 2.20. The van der Waals surface area contributed by atoms with Crippen molar-refractivity contribution in [3.05, 3.63) is 62.9 Å². The number of halogens is 3. The smallest absolute Gasteiger partial charge is 0.270 e. The van der Waals surface area contributed by atoms with Gasteiger partial charge in [-0.05, 0) is 24.3 Å². The van der Waals surface area contributed by atoms with Crippen LogP contribution in [0.1, 0.15) is 10.4 Å². The van der Waals surface area contributed by atoms with Gasteiger partial charge in [-0.2, -0.15) is 0 Å². The van der Waals surface area contributed by atoms with Crippen molar-refractivity contribution < 1.29 is 14.1 Å². The lowest BCUT2D eigenvalue weighted by Gasteiger charge is -2.34. The zero-order valence-electron chi connectivity index (χ0n) is 16.8. The molecule has 12 heteroatoms. The normalized spacial score (nSPS) is 14.2. The molecule has 4 rings (SSSR count). The summed E-state index contributed by atoms with van der Waals surface area (Å²) in [5.41, 5.74) is 0.711. The van der Waals surface area contributed by atoms with Crippen LogP contribution in [0.3, 0.4) is 0 Å². The summed E-state index contributed by atoms with van der Waals surface area (Å²) in [4.78, 5) is 31.7. The Kier molecular flexibility index (Phi) is 7.83. The number of thiazole rings is 1. The third-order valence-electron chi connectivity index (χ3n) is 5.10. The molecule has 0 radical (unpaired) electrons. The predicted molar refractivity (Wildman–Crippen MR) is 126 cm³/mol. The number of benzene rings is 2. The van der Waals surface area contributed by atoms with E-state index in [0.717, 1.165) is 41.5 Å². The molecule has 3 aromatic rings. The Labute approximate surface area is 198 Å². The summed E-state index contributed by atoms with van der Waals surface area (Å²) in [6, 6.07) is 8.41. The maximum Gasteiger partial charge on any atom is 0.270 e. The van der Waals surface area contributed by atoms with E-state index >= 15 is 0 Å². The van der Waals surface area contributed by atoms with E-state index in [-0.39, 0.29) is 34.5 Å². The molecule has 0 aliphatic carbocycles. The van der Waals surface area contributed by atoms with E-state index in [1.807, 2.05) is 0 Å². The number of hydrogen-bond donors (Lipinski definition) is 1. The number of carbonyl (C=O) groups is 1. The van der Waals surface area contributed by atoms with Gasteiger partial charge in [0.1, 0.15) is 5.82 Å². The first kappa shape index (κ1) is 24.1. The van der Waals surface area contributed by atoms with E-state index in [0.29, 0.717) is 13.1 Å². The lowest BCUT2D eigenvalue weighted by atomic mass is 10.2. The van der Waals surface area contributed by atoms with E-state index in [4.69, 9.17) is 11.6 Å². The Balaban J connectivity index is 0.00000289. The van der Waals surface area contributed by atoms with Crippen molar-refractivity contribution in [2.75, 3.05) is 44.2 Å². The minimum Gasteiger partial charge on any atom is -0.351 e. The van der Waals surface area contributed by atoms with Crippen molar-refractivity contribution in [2.45, 2.75) is 0 Å². The number of carbonyl (C=O) groups excluding carboxylic acids is 1. The van der Waals surface area contributed by atoms with Gasteiger partial charge in [0.05, 0.1) is 25.7 Å². The average Bonchev–Trinajstić information content (AvgIpc) is 3.17. The van der Waals surface area contributed by atoms with E-state index in [1.54, 1.807) is 6.07 Å². The first-order valence-corrected chi connectivity index (χ1v) is 10.9. The highest BCUT2D eigenvalue weighted by atomic mass is 35.5. The van der Waals surface area contributed by atoms with Gasteiger partial charge in [0, 0.05) is 51.4 Å². The molecule has 0 bridgehead atoms. The molecule has 170 valence electrons. The number of piperazine rings is 1. The van der Waals surface area contributed by atoms with Crippen molar-refractivity contribution in [1.29, 1.82) is 0 Å². The summed E-state index contributed by atoms with van der Waals surface area (Å²) < 4.78 is 14.2. The maximum atomic E-state index is 13.4. The van der Waals surface area contributed by atoms with Crippen LogP contribution in [0.4, 0.5) is 15.2 Å². The van der Waals surface area contributed by atoms with E-state index in [1.165, 1.54) is 41.7 Å². The van der Waals surface area contributed by atoms with E-state index in [2.05, 4.69) is 20.1 Å². The Bertz CT molecular complexity index is 1140. The quantitative estimate of drug-likeness (QED) is 0.407. The lowest BCUT2D eigenvalue weighted by Crippen LogP contribution is -2.48. The Morgan fingerprint density at radius 2 is 1.97 bits per heavy atom. The standard InChI is InChI=1S/C20H19ClFN5O3S.ClH/c21-16-3-2-14(27(29)30)12-15(16)19(28)23-5-6-25-7-9-26(10-8-25)20-24-17-4-1-13(22)11-18(17)31-20;/h1-4,11-12H,5-10H2,(H,23,28);1H. The van der Waals surface area contributed by atoms with E-state index < -0.39 is 10.8 Å². The average molecular weight is 500 g/mol. The van der Waals surface area contributed by atoms with Crippen molar-refractivity contribution in [1.82, 2.24) is 15.2 Å². The van der Waals surface area contributed by atoms with Gasteiger partial charge in [0.2, 0.25) is 0 Å². The number of aromatic nitrogens is 1. The highest BCUT2D eigenvalue weighted by Crippen LogP contribution is 2.29. The maximum absolute atomic E-state index is 13.4. The summed E-state index contributed by atoms with van der Waals surface area (Å²) in [7, 11) is 0. The monoisotopic (exact) mass is 499 g/mol. The van der Waals surface area contributed by atoms with Crippen molar-refractivity contribution >= 4 is 62.3 Å². The molecule has 1 saturated heterocycles. The minimum absolute atomic E-state index is 0. The van der Waals surface area contributed by atoms with Crippen molar-refractivity contribution in [2.24, 2.45) is 0 Å². The molecular formula is C20H20Cl2FN5O3S. The second kappa shape index (κ2) is 10.4. The number of rotatable bonds is 6. The highest BCUT2D eigenvalue weighted by molar-refractivity contribution is 7.22. The Hall–Kier alpha value is -2.53. The van der Waals surface area contributed by atoms with Gasteiger partial charge in [-0.1, -0.05) is 22.9 Å². The van der Waals surface area contributed by atoms with Gasteiger partial charge in [0.15, 0.2) is 5.13 Å². The van der Waals surface area contributed by atoms with Crippen LogP contribution in [0.5, 0.6) is 0 Å². The zero-order chi connectivity index (χ0) is 22.0. The minimum atomic E-state index is -0.561. The lowest BCUT2D eigenvalue weighted by molar-refractivity contribution is -0.384. The fourth-order valence-corrected chi connectivity index (χ4v) is 4.65. The molecule has 8 nitrogen and oxygen atoms in total. The van der Waals surface area contributed by atoms with Gasteiger partial charge < -0.3 is 10.2 Å². The van der Waals surface area contributed by atoms with Crippen LogP contribution in [0.15, 0.2) is 36.4 Å². The molecule has 1 amide bonds. The van der Waals surface area contributed by atoms with Gasteiger partial charge in [-0.3, -0.25) is 19.8 Å². The van der Waals surface area contributed by atoms with Crippen LogP contribution < -0.4 is 10.2 Å². The number of amides is 1. The fraction of sp³-hybridized carbons (Fsp3) is 0.300. The van der Waals surface area contributed by atoms with Gasteiger partial charge in [-0.15, -0.1) is 12.4 Å². The predicted octanol–water partition coefficient (Wildman–Crippen LogP) is 3.97. The topological polar surface area (TPSA) is 91.6 Å². The second-order valence-electron chi connectivity index (χ2n) is 7.11. The Morgan fingerprint density at radius 3 is 2.69 bits per heavy atom. The molecule has 1 N–H and O–H groups in total. The van der Waals surface area contributed by atoms with Crippen LogP contribution in [0, 0.1) is 15.9 Å².